The van der Waals surface area contributed by atoms with Gasteiger partial charge in [-0.05, 0) is 44.7 Å². The van der Waals surface area contributed by atoms with Crippen LogP contribution in [-0.4, -0.2) is 38.0 Å². The highest BCUT2D eigenvalue weighted by molar-refractivity contribution is 5.82. The molecule has 2 fully saturated rings. The third kappa shape index (κ3) is 2.40. The smallest absolute Gasteiger partial charge is 0.226 e. The largest absolute Gasteiger partial charge is 0.345 e. The van der Waals surface area contributed by atoms with Gasteiger partial charge in [0.1, 0.15) is 0 Å². The van der Waals surface area contributed by atoms with Crippen molar-refractivity contribution in [1.29, 1.82) is 0 Å². The van der Waals surface area contributed by atoms with Gasteiger partial charge in [0.2, 0.25) is 5.91 Å². The van der Waals surface area contributed by atoms with Gasteiger partial charge in [0, 0.05) is 19.5 Å². The maximum absolute atomic E-state index is 12.2. The number of nitrogens with one attached hydrogen (secondary N) is 1. The van der Waals surface area contributed by atoms with Crippen molar-refractivity contribution >= 4 is 5.91 Å². The molecular formula is C13H24N2O. The van der Waals surface area contributed by atoms with Crippen molar-refractivity contribution in [3.05, 3.63) is 0 Å². The predicted octanol–water partition coefficient (Wildman–Crippen LogP) is 1.49. The topological polar surface area (TPSA) is 32.3 Å². The second kappa shape index (κ2) is 5.17. The fraction of sp³-hybridized carbons (Fsp3) is 0.923. The Morgan fingerprint density at radius 2 is 1.94 bits per heavy atom. The summed E-state index contributed by atoms with van der Waals surface area (Å²) >= 11 is 0. The van der Waals surface area contributed by atoms with Gasteiger partial charge in [0.25, 0.3) is 0 Å². The Labute approximate surface area is 98.6 Å². The highest BCUT2D eigenvalue weighted by Gasteiger charge is 2.55. The number of carbonyl (C=O) groups excluding carboxylic acids is 1. The van der Waals surface area contributed by atoms with E-state index in [9.17, 15) is 4.79 Å². The van der Waals surface area contributed by atoms with Crippen LogP contribution in [0.15, 0.2) is 0 Å². The van der Waals surface area contributed by atoms with E-state index in [4.69, 9.17) is 0 Å². The van der Waals surface area contributed by atoms with Crippen LogP contribution in [0, 0.1) is 17.8 Å². The summed E-state index contributed by atoms with van der Waals surface area (Å²) in [4.78, 5) is 14.1. The van der Waals surface area contributed by atoms with E-state index in [0.29, 0.717) is 11.8 Å². The number of amides is 1. The number of rotatable bonds is 5. The van der Waals surface area contributed by atoms with Gasteiger partial charge in [-0.2, -0.15) is 0 Å². The van der Waals surface area contributed by atoms with Crippen LogP contribution in [0.25, 0.3) is 0 Å². The van der Waals surface area contributed by atoms with Crippen molar-refractivity contribution in [2.24, 2.45) is 17.8 Å². The maximum atomic E-state index is 12.2. The zero-order chi connectivity index (χ0) is 11.5. The first-order valence-electron chi connectivity index (χ1n) is 6.65. The summed E-state index contributed by atoms with van der Waals surface area (Å²) in [6.07, 6.45) is 6.33. The molecule has 0 saturated heterocycles. The molecule has 2 aliphatic rings. The lowest BCUT2D eigenvalue weighted by Gasteiger charge is -2.17. The first-order chi connectivity index (χ1) is 7.75. The van der Waals surface area contributed by atoms with E-state index in [1.54, 1.807) is 0 Å². The van der Waals surface area contributed by atoms with E-state index in [1.807, 2.05) is 19.0 Å². The quantitative estimate of drug-likeness (QED) is 0.718. The molecule has 1 amide bonds. The molecule has 0 spiro atoms. The van der Waals surface area contributed by atoms with Crippen molar-refractivity contribution in [1.82, 2.24) is 10.2 Å². The number of hydrogen-bond acceptors (Lipinski definition) is 2. The minimum atomic E-state index is 0.391. The van der Waals surface area contributed by atoms with E-state index in [1.165, 1.54) is 25.7 Å². The third-order valence-corrected chi connectivity index (χ3v) is 4.24. The molecule has 16 heavy (non-hydrogen) atoms. The number of nitrogens with zero attached hydrogens (tertiary/aromatic N) is 1. The zero-order valence-corrected chi connectivity index (χ0v) is 10.5. The average molecular weight is 224 g/mol. The molecule has 3 heteroatoms. The van der Waals surface area contributed by atoms with Gasteiger partial charge in [0.15, 0.2) is 0 Å². The molecule has 0 aliphatic heterocycles. The second-order valence-corrected chi connectivity index (χ2v) is 5.35. The lowest BCUT2D eigenvalue weighted by molar-refractivity contribution is -0.131. The van der Waals surface area contributed by atoms with Crippen LogP contribution < -0.4 is 5.32 Å². The van der Waals surface area contributed by atoms with E-state index < -0.39 is 0 Å². The van der Waals surface area contributed by atoms with Gasteiger partial charge in [-0.25, -0.2) is 0 Å². The SMILES string of the molecule is CNCCCN(C)C(=O)C1C2CCCCC21. The van der Waals surface area contributed by atoms with Crippen molar-refractivity contribution in [2.75, 3.05) is 27.2 Å². The Bertz CT molecular complexity index is 242. The molecule has 3 nitrogen and oxygen atoms in total. The lowest BCUT2D eigenvalue weighted by atomic mass is 10.0. The van der Waals surface area contributed by atoms with Gasteiger partial charge in [0.05, 0.1) is 0 Å². The van der Waals surface area contributed by atoms with Crippen molar-refractivity contribution in [3.63, 3.8) is 0 Å². The Morgan fingerprint density at radius 1 is 1.31 bits per heavy atom. The molecule has 0 aromatic rings. The summed E-state index contributed by atoms with van der Waals surface area (Å²) in [5.74, 6) is 2.29. The molecule has 0 radical (unpaired) electrons. The molecule has 2 saturated carbocycles. The molecule has 0 aromatic heterocycles. The molecule has 0 bridgehead atoms. The van der Waals surface area contributed by atoms with Crippen LogP contribution in [0.2, 0.25) is 0 Å². The molecular weight excluding hydrogens is 200 g/mol. The van der Waals surface area contributed by atoms with E-state index in [2.05, 4.69) is 5.32 Å². The summed E-state index contributed by atoms with van der Waals surface area (Å²) in [5, 5.41) is 3.12. The summed E-state index contributed by atoms with van der Waals surface area (Å²) in [5.41, 5.74) is 0. The highest BCUT2D eigenvalue weighted by Crippen LogP contribution is 2.55. The zero-order valence-electron chi connectivity index (χ0n) is 10.5. The molecule has 2 unspecified atom stereocenters. The standard InChI is InChI=1S/C13H24N2O/c1-14-8-5-9-15(2)13(16)12-10-6-3-4-7-11(10)12/h10-12,14H,3-9H2,1-2H3. The molecule has 2 atom stereocenters. The molecule has 1 N–H and O–H groups in total. The van der Waals surface area contributed by atoms with Crippen LogP contribution >= 0.6 is 0 Å². The number of hydrogen-bond donors (Lipinski definition) is 1. The number of carbonyl (C=O) groups is 1. The van der Waals surface area contributed by atoms with Gasteiger partial charge < -0.3 is 10.2 Å². The van der Waals surface area contributed by atoms with Gasteiger partial charge in [-0.15, -0.1) is 0 Å². The first kappa shape index (κ1) is 11.9. The van der Waals surface area contributed by atoms with Crippen LogP contribution in [0.3, 0.4) is 0 Å². The first-order valence-corrected chi connectivity index (χ1v) is 6.65. The van der Waals surface area contributed by atoms with Gasteiger partial charge in [-0.3, -0.25) is 4.79 Å². The minimum absolute atomic E-state index is 0.391. The molecule has 2 aliphatic carbocycles. The van der Waals surface area contributed by atoms with Crippen molar-refractivity contribution in [3.8, 4) is 0 Å². The normalized spacial score (nSPS) is 32.0. The Kier molecular flexibility index (Phi) is 3.85. The fourth-order valence-corrected chi connectivity index (χ4v) is 3.22. The molecule has 0 heterocycles. The van der Waals surface area contributed by atoms with E-state index in [-0.39, 0.29) is 0 Å². The summed E-state index contributed by atoms with van der Waals surface area (Å²) in [7, 11) is 3.92. The van der Waals surface area contributed by atoms with E-state index in [0.717, 1.165) is 31.3 Å². The number of fused-ring (bicyclic) bond motifs is 1. The molecule has 0 aromatic carbocycles. The second-order valence-electron chi connectivity index (χ2n) is 5.35. The third-order valence-electron chi connectivity index (χ3n) is 4.24. The van der Waals surface area contributed by atoms with Crippen molar-refractivity contribution < 1.29 is 4.79 Å². The maximum Gasteiger partial charge on any atom is 0.226 e. The van der Waals surface area contributed by atoms with Gasteiger partial charge >= 0.3 is 0 Å². The Morgan fingerprint density at radius 3 is 2.50 bits per heavy atom. The van der Waals surface area contributed by atoms with Crippen LogP contribution in [0.4, 0.5) is 0 Å². The summed E-state index contributed by atoms with van der Waals surface area (Å²) in [6.45, 7) is 1.89. The Balaban J connectivity index is 1.75. The minimum Gasteiger partial charge on any atom is -0.345 e. The Hall–Kier alpha value is -0.570. The monoisotopic (exact) mass is 224 g/mol. The van der Waals surface area contributed by atoms with E-state index >= 15 is 0 Å². The molecule has 92 valence electrons. The van der Waals surface area contributed by atoms with Gasteiger partial charge in [-0.1, -0.05) is 12.8 Å². The summed E-state index contributed by atoms with van der Waals surface area (Å²) < 4.78 is 0. The van der Waals surface area contributed by atoms with Crippen LogP contribution in [0.5, 0.6) is 0 Å². The highest BCUT2D eigenvalue weighted by atomic mass is 16.2. The fourth-order valence-electron chi connectivity index (χ4n) is 3.22. The predicted molar refractivity (Wildman–Crippen MR) is 65.1 cm³/mol. The van der Waals surface area contributed by atoms with Crippen molar-refractivity contribution in [2.45, 2.75) is 32.1 Å². The van der Waals surface area contributed by atoms with Crippen LogP contribution in [-0.2, 0) is 4.79 Å². The summed E-state index contributed by atoms with van der Waals surface area (Å²) in [6, 6.07) is 0. The lowest BCUT2D eigenvalue weighted by Crippen LogP contribution is -2.31. The molecule has 2 rings (SSSR count). The average Bonchev–Trinajstić information content (AvgIpc) is 3.02. The van der Waals surface area contributed by atoms with Crippen LogP contribution in [0.1, 0.15) is 32.1 Å².